The Kier molecular flexibility index (Phi) is 10.7. The monoisotopic (exact) mass is 787 g/mol. The number of alkyl halides is 9. The van der Waals surface area contributed by atoms with Crippen LogP contribution in [0.3, 0.4) is 0 Å². The SMILES string of the molecule is O=S(=O)(Nc1ccccc1N=NC(c1ccc(Cl)cc1)=P(c1ccccc1)(c1ccccc1)c1ccccc1)C(F)(F)C(F)(F)C(F)(F)C(F)(F)F. The lowest BCUT2D eigenvalue weighted by molar-refractivity contribution is -0.382. The highest BCUT2D eigenvalue weighted by Gasteiger charge is 2.85. The number of hydrogen-bond donors (Lipinski definition) is 1. The van der Waals surface area contributed by atoms with Crippen molar-refractivity contribution in [2.24, 2.45) is 10.2 Å². The molecule has 5 aromatic carbocycles. The van der Waals surface area contributed by atoms with Gasteiger partial charge in [0, 0.05) is 17.5 Å². The van der Waals surface area contributed by atoms with Crippen molar-refractivity contribution in [3.8, 4) is 0 Å². The Bertz CT molecular complexity index is 2120. The number of halogens is 10. The van der Waals surface area contributed by atoms with E-state index in [1.54, 1.807) is 78.9 Å². The van der Waals surface area contributed by atoms with Crippen molar-refractivity contribution in [2.45, 2.75) is 23.3 Å². The number of nitrogens with one attached hydrogen (secondary N) is 1. The first-order chi connectivity index (χ1) is 24.4. The first kappa shape index (κ1) is 38.6. The minimum Gasteiger partial charge on any atom is -0.276 e. The molecule has 0 saturated carbocycles. The van der Waals surface area contributed by atoms with Gasteiger partial charge in [-0.05, 0) is 40.2 Å². The van der Waals surface area contributed by atoms with Crippen molar-refractivity contribution in [1.82, 2.24) is 0 Å². The van der Waals surface area contributed by atoms with Crippen LogP contribution in [0.1, 0.15) is 5.56 Å². The van der Waals surface area contributed by atoms with E-state index in [9.17, 15) is 47.9 Å². The van der Waals surface area contributed by atoms with Crippen LogP contribution in [0, 0.1) is 0 Å². The summed E-state index contributed by atoms with van der Waals surface area (Å²) in [5.41, 5.74) is -0.828. The zero-order chi connectivity index (χ0) is 38.0. The third-order valence-electron chi connectivity index (χ3n) is 7.70. The molecule has 17 heteroatoms. The van der Waals surface area contributed by atoms with Crippen LogP contribution in [-0.4, -0.2) is 37.1 Å². The summed E-state index contributed by atoms with van der Waals surface area (Å²) in [5.74, 6) is -14.9. The topological polar surface area (TPSA) is 70.9 Å². The summed E-state index contributed by atoms with van der Waals surface area (Å²) >= 11 is 6.22. The normalized spacial score (nSPS) is 13.3. The maximum Gasteiger partial charge on any atom is 0.460 e. The number of nitrogens with zero attached hydrogens (tertiary/aromatic N) is 2. The zero-order valence-corrected chi connectivity index (χ0v) is 28.6. The Balaban J connectivity index is 1.78. The molecule has 0 aromatic heterocycles. The van der Waals surface area contributed by atoms with Gasteiger partial charge in [0.25, 0.3) is 0 Å². The van der Waals surface area contributed by atoms with Gasteiger partial charge in [0.1, 0.15) is 11.1 Å². The molecule has 0 radical (unpaired) electrons. The number of azo groups is 1. The van der Waals surface area contributed by atoms with Crippen molar-refractivity contribution in [3.05, 3.63) is 150 Å². The van der Waals surface area contributed by atoms with Gasteiger partial charge in [-0.1, -0.05) is 127 Å². The summed E-state index contributed by atoms with van der Waals surface area (Å²) in [6, 6.07) is 37.9. The van der Waals surface area contributed by atoms with E-state index in [-0.39, 0.29) is 5.42 Å². The molecule has 0 amide bonds. The highest BCUT2D eigenvalue weighted by molar-refractivity contribution is 7.95. The van der Waals surface area contributed by atoms with Crippen LogP contribution in [0.15, 0.2) is 150 Å². The smallest absolute Gasteiger partial charge is 0.276 e. The fourth-order valence-corrected chi connectivity index (χ4v) is 10.6. The van der Waals surface area contributed by atoms with E-state index in [4.69, 9.17) is 11.6 Å². The lowest BCUT2D eigenvalue weighted by Crippen LogP contribution is -2.64. The molecular formula is C35H24ClF9N3O2PS. The largest absolute Gasteiger partial charge is 0.460 e. The van der Waals surface area contributed by atoms with Gasteiger partial charge in [-0.15, -0.1) is 10.2 Å². The second-order valence-corrected chi connectivity index (χ2v) is 16.5. The molecule has 0 unspecified atom stereocenters. The first-order valence-electron chi connectivity index (χ1n) is 14.8. The maximum absolute atomic E-state index is 14.7. The Morgan fingerprint density at radius 1 is 0.577 bits per heavy atom. The van der Waals surface area contributed by atoms with E-state index in [0.29, 0.717) is 10.6 Å². The zero-order valence-electron chi connectivity index (χ0n) is 26.1. The van der Waals surface area contributed by atoms with E-state index >= 15 is 0 Å². The van der Waals surface area contributed by atoms with Gasteiger partial charge in [-0.3, -0.25) is 4.72 Å². The standard InChI is InChI=1S/C35H24ClF9N3O2PS/c36-25-22-20-24(21-23-25)31(51(26-12-4-1-5-13-26,27-14-6-2-7-15-27)28-16-8-3-9-17-28)47-46-29-18-10-11-19-30(29)48-52(49,50)35(44,45)33(39,40)32(37,38)34(41,42)43/h1-23,48H. The van der Waals surface area contributed by atoms with Crippen LogP contribution >= 0.6 is 18.5 Å². The summed E-state index contributed by atoms with van der Waals surface area (Å²) in [6.07, 6.45) is -7.22. The van der Waals surface area contributed by atoms with E-state index in [1.807, 2.05) is 36.4 Å². The van der Waals surface area contributed by atoms with Gasteiger partial charge in [-0.2, -0.15) is 47.9 Å². The Hall–Kier alpha value is -4.59. The molecule has 0 fully saturated rings. The molecule has 272 valence electrons. The van der Waals surface area contributed by atoms with Crippen LogP contribution in [0.2, 0.25) is 5.02 Å². The predicted molar refractivity (Wildman–Crippen MR) is 185 cm³/mol. The molecule has 5 aromatic rings. The highest BCUT2D eigenvalue weighted by atomic mass is 35.5. The molecular weight excluding hydrogens is 764 g/mol. The molecule has 0 saturated heterocycles. The third kappa shape index (κ3) is 6.84. The Labute approximate surface area is 296 Å². The van der Waals surface area contributed by atoms with Crippen LogP contribution in [0.4, 0.5) is 50.9 Å². The number of hydrogen-bond acceptors (Lipinski definition) is 3. The summed E-state index contributed by atoms with van der Waals surface area (Å²) < 4.78 is 149. The van der Waals surface area contributed by atoms with E-state index in [2.05, 4.69) is 10.2 Å². The number of rotatable bonds is 11. The molecule has 0 atom stereocenters. The minimum atomic E-state index is -7.43. The molecule has 5 nitrogen and oxygen atoms in total. The van der Waals surface area contributed by atoms with Crippen molar-refractivity contribution < 1.29 is 47.9 Å². The van der Waals surface area contributed by atoms with Gasteiger partial charge in [0.15, 0.2) is 0 Å². The van der Waals surface area contributed by atoms with Gasteiger partial charge in [-0.25, -0.2) is 0 Å². The maximum atomic E-state index is 14.7. The number of sulfonamides is 1. The van der Waals surface area contributed by atoms with Gasteiger partial charge < -0.3 is 0 Å². The summed E-state index contributed by atoms with van der Waals surface area (Å²) in [5, 5.41) is 4.41. The van der Waals surface area contributed by atoms with Crippen LogP contribution < -0.4 is 20.6 Å². The molecule has 0 bridgehead atoms. The average molecular weight is 788 g/mol. The Morgan fingerprint density at radius 3 is 1.44 bits per heavy atom. The second kappa shape index (κ2) is 14.4. The van der Waals surface area contributed by atoms with Gasteiger partial charge in [0.05, 0.1) is 5.69 Å². The summed E-state index contributed by atoms with van der Waals surface area (Å²) in [4.78, 5) is 0. The van der Waals surface area contributed by atoms with Crippen LogP contribution in [0.25, 0.3) is 0 Å². The first-order valence-corrected chi connectivity index (χ1v) is 18.5. The fraction of sp³-hybridized carbons (Fsp3) is 0.114. The number of anilines is 1. The van der Waals surface area contributed by atoms with E-state index in [1.165, 1.54) is 6.07 Å². The Morgan fingerprint density at radius 2 is 1.00 bits per heavy atom. The van der Waals surface area contributed by atoms with E-state index in [0.717, 1.165) is 38.8 Å². The van der Waals surface area contributed by atoms with Crippen molar-refractivity contribution in [3.63, 3.8) is 0 Å². The number of para-hydroxylation sites is 1. The van der Waals surface area contributed by atoms with Crippen molar-refractivity contribution in [1.29, 1.82) is 0 Å². The lowest BCUT2D eigenvalue weighted by atomic mass is 10.1. The van der Waals surface area contributed by atoms with Crippen LogP contribution in [0.5, 0.6) is 0 Å². The molecule has 0 spiro atoms. The fourth-order valence-electron chi connectivity index (χ4n) is 5.17. The highest BCUT2D eigenvalue weighted by Crippen LogP contribution is 2.55. The van der Waals surface area contributed by atoms with Crippen molar-refractivity contribution in [2.75, 3.05) is 4.72 Å². The molecule has 5 rings (SSSR count). The summed E-state index contributed by atoms with van der Waals surface area (Å²) in [6.45, 7) is -3.11. The molecule has 52 heavy (non-hydrogen) atoms. The molecule has 0 aliphatic rings. The lowest BCUT2D eigenvalue weighted by Gasteiger charge is -2.33. The number of benzene rings is 5. The third-order valence-corrected chi connectivity index (χ3v) is 13.6. The molecule has 0 aliphatic carbocycles. The molecule has 0 aliphatic heterocycles. The molecule has 1 N–H and O–H groups in total. The average Bonchev–Trinajstić information content (AvgIpc) is 3.11. The van der Waals surface area contributed by atoms with Gasteiger partial charge in [0.2, 0.25) is 0 Å². The molecule has 0 heterocycles. The predicted octanol–water partition coefficient (Wildman–Crippen LogP) is 9.76. The van der Waals surface area contributed by atoms with Crippen molar-refractivity contribution >= 4 is 61.2 Å². The summed E-state index contributed by atoms with van der Waals surface area (Å²) in [7, 11) is -7.02. The second-order valence-electron chi connectivity index (χ2n) is 11.0. The van der Waals surface area contributed by atoms with E-state index < -0.39 is 51.6 Å². The van der Waals surface area contributed by atoms with Crippen LogP contribution in [-0.2, 0) is 10.0 Å². The quantitative estimate of drug-likeness (QED) is 0.0823. The van der Waals surface area contributed by atoms with Gasteiger partial charge >= 0.3 is 33.3 Å². The minimum absolute atomic E-state index is 0.270.